The number of nitrogens with zero attached hydrogens (tertiary/aromatic N) is 2. The van der Waals surface area contributed by atoms with E-state index in [1.54, 1.807) is 24.3 Å². The van der Waals surface area contributed by atoms with Gasteiger partial charge in [0.1, 0.15) is 17.5 Å². The topological polar surface area (TPSA) is 87.1 Å². The van der Waals surface area contributed by atoms with Gasteiger partial charge in [0.25, 0.3) is 0 Å². The van der Waals surface area contributed by atoms with E-state index in [-0.39, 0.29) is 5.56 Å². The summed E-state index contributed by atoms with van der Waals surface area (Å²) in [5.41, 5.74) is 2.18. The first-order valence-electron chi connectivity index (χ1n) is 8.44. The van der Waals surface area contributed by atoms with Gasteiger partial charge in [0.05, 0.1) is 5.56 Å². The van der Waals surface area contributed by atoms with Crippen molar-refractivity contribution in [1.82, 2.24) is 9.97 Å². The lowest BCUT2D eigenvalue weighted by molar-refractivity contribution is 0.0697. The highest BCUT2D eigenvalue weighted by Gasteiger charge is 2.05. The number of carboxylic acid groups (broad SMARTS) is 1. The Labute approximate surface area is 162 Å². The molecule has 7 heteroatoms. The normalized spacial score (nSPS) is 10.4. The number of rotatable bonds is 7. The van der Waals surface area contributed by atoms with Crippen molar-refractivity contribution in [3.63, 3.8) is 0 Å². The van der Waals surface area contributed by atoms with Crippen LogP contribution in [0.15, 0.2) is 54.6 Å². The van der Waals surface area contributed by atoms with E-state index in [0.717, 1.165) is 29.5 Å². The van der Waals surface area contributed by atoms with Crippen LogP contribution >= 0.6 is 11.6 Å². The summed E-state index contributed by atoms with van der Waals surface area (Å²) in [7, 11) is 0. The van der Waals surface area contributed by atoms with Crippen molar-refractivity contribution in [3.8, 4) is 0 Å². The minimum absolute atomic E-state index is 0.240. The second-order valence-electron chi connectivity index (χ2n) is 6.00. The maximum absolute atomic E-state index is 10.9. The van der Waals surface area contributed by atoms with Gasteiger partial charge in [-0.15, -0.1) is 0 Å². The van der Waals surface area contributed by atoms with Crippen molar-refractivity contribution >= 4 is 34.9 Å². The summed E-state index contributed by atoms with van der Waals surface area (Å²) in [4.78, 5) is 19.7. The summed E-state index contributed by atoms with van der Waals surface area (Å²) in [6.45, 7) is 2.55. The number of carbonyl (C=O) groups is 1. The number of anilines is 3. The van der Waals surface area contributed by atoms with E-state index >= 15 is 0 Å². The fourth-order valence-corrected chi connectivity index (χ4v) is 2.68. The number of halogens is 1. The molecule has 138 valence electrons. The standard InChI is InChI=1S/C20H19ClN4O2/c1-13-23-18(22-11-10-14-2-6-16(21)7-3-14)12-19(24-13)25-17-8-4-15(5-9-17)20(26)27/h2-9,12H,10-11H2,1H3,(H,26,27)(H2,22,23,24,25). The minimum atomic E-state index is -0.952. The van der Waals surface area contributed by atoms with Crippen molar-refractivity contribution in [1.29, 1.82) is 0 Å². The number of benzene rings is 2. The van der Waals surface area contributed by atoms with Crippen LogP contribution in [-0.4, -0.2) is 27.6 Å². The minimum Gasteiger partial charge on any atom is -0.478 e. The van der Waals surface area contributed by atoms with Crippen molar-refractivity contribution < 1.29 is 9.90 Å². The predicted molar refractivity (Wildman–Crippen MR) is 107 cm³/mol. The Morgan fingerprint density at radius 2 is 1.70 bits per heavy atom. The highest BCUT2D eigenvalue weighted by atomic mass is 35.5. The maximum Gasteiger partial charge on any atom is 0.335 e. The molecule has 1 heterocycles. The first-order valence-corrected chi connectivity index (χ1v) is 8.82. The molecule has 2 aromatic carbocycles. The maximum atomic E-state index is 10.9. The molecule has 1 aromatic heterocycles. The first kappa shape index (κ1) is 18.7. The molecule has 0 saturated heterocycles. The monoisotopic (exact) mass is 382 g/mol. The Morgan fingerprint density at radius 1 is 1.04 bits per heavy atom. The van der Waals surface area contributed by atoms with Crippen molar-refractivity contribution in [2.24, 2.45) is 0 Å². The molecule has 27 heavy (non-hydrogen) atoms. The van der Waals surface area contributed by atoms with E-state index in [2.05, 4.69) is 20.6 Å². The van der Waals surface area contributed by atoms with Crippen LogP contribution in [0.5, 0.6) is 0 Å². The SMILES string of the molecule is Cc1nc(NCCc2ccc(Cl)cc2)cc(Nc2ccc(C(=O)O)cc2)n1. The van der Waals surface area contributed by atoms with E-state index in [4.69, 9.17) is 16.7 Å². The Hall–Kier alpha value is -3.12. The van der Waals surface area contributed by atoms with Crippen LogP contribution in [0.3, 0.4) is 0 Å². The first-order chi connectivity index (χ1) is 13.0. The van der Waals surface area contributed by atoms with Gasteiger partial charge in [-0.3, -0.25) is 0 Å². The molecular weight excluding hydrogens is 364 g/mol. The van der Waals surface area contributed by atoms with Crippen LogP contribution in [0.4, 0.5) is 17.3 Å². The van der Waals surface area contributed by atoms with Gasteiger partial charge in [0, 0.05) is 23.3 Å². The quantitative estimate of drug-likeness (QED) is 0.556. The van der Waals surface area contributed by atoms with Crippen LogP contribution in [0.25, 0.3) is 0 Å². The summed E-state index contributed by atoms with van der Waals surface area (Å²) in [6, 6.07) is 16.1. The fraction of sp³-hybridized carbons (Fsp3) is 0.150. The molecule has 0 aliphatic rings. The predicted octanol–water partition coefficient (Wildman–Crippen LogP) is 4.53. The van der Waals surface area contributed by atoms with Gasteiger partial charge in [-0.25, -0.2) is 14.8 Å². The van der Waals surface area contributed by atoms with E-state index in [9.17, 15) is 4.79 Å². The summed E-state index contributed by atoms with van der Waals surface area (Å²) in [6.07, 6.45) is 0.847. The molecule has 3 N–H and O–H groups in total. The molecule has 0 spiro atoms. The Balaban J connectivity index is 1.63. The molecular formula is C20H19ClN4O2. The smallest absolute Gasteiger partial charge is 0.335 e. The van der Waals surface area contributed by atoms with Gasteiger partial charge in [0.2, 0.25) is 0 Å². The molecule has 3 aromatic rings. The van der Waals surface area contributed by atoms with Crippen LogP contribution in [0.1, 0.15) is 21.7 Å². The van der Waals surface area contributed by atoms with Gasteiger partial charge >= 0.3 is 5.97 Å². The average Bonchev–Trinajstić information content (AvgIpc) is 2.63. The van der Waals surface area contributed by atoms with Crippen molar-refractivity contribution in [2.45, 2.75) is 13.3 Å². The van der Waals surface area contributed by atoms with Gasteiger partial charge in [-0.05, 0) is 55.3 Å². The molecule has 0 amide bonds. The van der Waals surface area contributed by atoms with Gasteiger partial charge in [-0.2, -0.15) is 0 Å². The molecule has 0 fully saturated rings. The molecule has 3 rings (SSSR count). The third-order valence-corrected chi connectivity index (χ3v) is 4.13. The van der Waals surface area contributed by atoms with Crippen LogP contribution in [0.2, 0.25) is 5.02 Å². The Bertz CT molecular complexity index is 928. The third-order valence-electron chi connectivity index (χ3n) is 3.88. The lowest BCUT2D eigenvalue weighted by atomic mass is 10.1. The molecule has 6 nitrogen and oxygen atoms in total. The number of carboxylic acids is 1. The van der Waals surface area contributed by atoms with Gasteiger partial charge in [-0.1, -0.05) is 23.7 Å². The molecule has 0 aliphatic heterocycles. The van der Waals surface area contributed by atoms with Gasteiger partial charge in [0.15, 0.2) is 0 Å². The molecule has 0 saturated carbocycles. The summed E-state index contributed by atoms with van der Waals surface area (Å²) in [5, 5.41) is 16.2. The van der Waals surface area contributed by atoms with E-state index in [1.807, 2.05) is 37.3 Å². The summed E-state index contributed by atoms with van der Waals surface area (Å²) < 4.78 is 0. The highest BCUT2D eigenvalue weighted by Crippen LogP contribution is 2.18. The zero-order valence-electron chi connectivity index (χ0n) is 14.7. The zero-order chi connectivity index (χ0) is 19.2. The largest absolute Gasteiger partial charge is 0.478 e. The molecule has 0 aliphatic carbocycles. The lowest BCUT2D eigenvalue weighted by Gasteiger charge is -2.10. The van der Waals surface area contributed by atoms with Crippen LogP contribution < -0.4 is 10.6 Å². The second-order valence-corrected chi connectivity index (χ2v) is 6.43. The van der Waals surface area contributed by atoms with Crippen molar-refractivity contribution in [2.75, 3.05) is 17.2 Å². The van der Waals surface area contributed by atoms with Crippen LogP contribution in [0, 0.1) is 6.92 Å². The zero-order valence-corrected chi connectivity index (χ0v) is 15.5. The molecule has 0 atom stereocenters. The summed E-state index contributed by atoms with van der Waals surface area (Å²) in [5.74, 6) is 1.04. The Kier molecular flexibility index (Phi) is 5.88. The average molecular weight is 383 g/mol. The van der Waals surface area contributed by atoms with E-state index in [1.165, 1.54) is 5.56 Å². The fourth-order valence-electron chi connectivity index (χ4n) is 2.55. The second kappa shape index (κ2) is 8.51. The number of aryl methyl sites for hydroxylation is 1. The number of hydrogen-bond donors (Lipinski definition) is 3. The van der Waals surface area contributed by atoms with E-state index < -0.39 is 5.97 Å². The molecule has 0 unspecified atom stereocenters. The number of aromatic carboxylic acids is 1. The third kappa shape index (κ3) is 5.43. The van der Waals surface area contributed by atoms with E-state index in [0.29, 0.717) is 11.6 Å². The van der Waals surface area contributed by atoms with Crippen LogP contribution in [-0.2, 0) is 6.42 Å². The number of nitrogens with one attached hydrogen (secondary N) is 2. The van der Waals surface area contributed by atoms with Crippen molar-refractivity contribution in [3.05, 3.63) is 76.6 Å². The number of hydrogen-bond acceptors (Lipinski definition) is 5. The number of aromatic nitrogens is 2. The van der Waals surface area contributed by atoms with Gasteiger partial charge < -0.3 is 15.7 Å². The highest BCUT2D eigenvalue weighted by molar-refractivity contribution is 6.30. The lowest BCUT2D eigenvalue weighted by Crippen LogP contribution is -2.08. The summed E-state index contributed by atoms with van der Waals surface area (Å²) >= 11 is 5.90. The molecule has 0 bridgehead atoms. The Morgan fingerprint density at radius 3 is 2.37 bits per heavy atom. The molecule has 0 radical (unpaired) electrons.